The molecule has 140 valence electrons. The summed E-state index contributed by atoms with van der Waals surface area (Å²) in [6.45, 7) is 2.20. The Morgan fingerprint density at radius 2 is 1.81 bits per heavy atom. The minimum atomic E-state index is 0.749. The Kier molecular flexibility index (Phi) is 4.71. The number of benzene rings is 2. The molecule has 1 saturated carbocycles. The summed E-state index contributed by atoms with van der Waals surface area (Å²) >= 11 is 0. The van der Waals surface area contributed by atoms with Gasteiger partial charge in [0, 0.05) is 6.04 Å². The summed E-state index contributed by atoms with van der Waals surface area (Å²) < 4.78 is 0. The Labute approximate surface area is 161 Å². The molecule has 0 radical (unpaired) electrons. The normalized spacial score (nSPS) is 26.1. The molecule has 3 heteroatoms. The largest absolute Gasteiger partial charge is 0.341 e. The first-order chi connectivity index (χ1) is 13.3. The topological polar surface area (TPSA) is 31.9 Å². The second-order valence-electron chi connectivity index (χ2n) is 8.51. The molecule has 0 amide bonds. The van der Waals surface area contributed by atoms with Crippen LogP contribution in [0.5, 0.6) is 0 Å². The van der Waals surface area contributed by atoms with Gasteiger partial charge in [-0.1, -0.05) is 42.5 Å². The Morgan fingerprint density at radius 1 is 0.963 bits per heavy atom. The van der Waals surface area contributed by atoms with Gasteiger partial charge in [0.1, 0.15) is 5.82 Å². The number of aromatic nitrogens is 2. The maximum atomic E-state index is 4.82. The number of rotatable bonds is 4. The summed E-state index contributed by atoms with van der Waals surface area (Å²) in [6.07, 6.45) is 8.12. The van der Waals surface area contributed by atoms with Crippen LogP contribution in [-0.4, -0.2) is 27.5 Å². The fraction of sp³-hybridized carbons (Fsp3) is 0.458. The number of piperidine rings is 1. The lowest BCUT2D eigenvalue weighted by Crippen LogP contribution is -2.47. The fourth-order valence-electron chi connectivity index (χ4n) is 5.46. The lowest BCUT2D eigenvalue weighted by atomic mass is 9.72. The molecule has 2 heterocycles. The first-order valence-corrected chi connectivity index (χ1v) is 10.6. The predicted octanol–water partition coefficient (Wildman–Crippen LogP) is 5.19. The smallest absolute Gasteiger partial charge is 0.121 e. The van der Waals surface area contributed by atoms with Gasteiger partial charge in [0.25, 0.3) is 0 Å². The molecule has 0 bridgehead atoms. The van der Waals surface area contributed by atoms with Gasteiger partial charge in [-0.05, 0) is 74.6 Å². The summed E-state index contributed by atoms with van der Waals surface area (Å²) in [6, 6.07) is 20.2. The van der Waals surface area contributed by atoms with E-state index in [1.165, 1.54) is 50.6 Å². The number of nitrogens with zero attached hydrogens (tertiary/aromatic N) is 2. The van der Waals surface area contributed by atoms with Crippen molar-refractivity contribution >= 4 is 11.0 Å². The number of imidazole rings is 1. The van der Waals surface area contributed by atoms with Crippen LogP contribution in [0, 0.1) is 11.8 Å². The molecule has 1 saturated heterocycles. The third-order valence-corrected chi connectivity index (χ3v) is 6.70. The molecule has 1 aromatic heterocycles. The lowest BCUT2D eigenvalue weighted by Gasteiger charge is -2.46. The third kappa shape index (κ3) is 3.66. The summed E-state index contributed by atoms with van der Waals surface area (Å²) in [5, 5.41) is 0. The van der Waals surface area contributed by atoms with Crippen molar-refractivity contribution in [1.82, 2.24) is 14.9 Å². The Hall–Kier alpha value is -2.13. The van der Waals surface area contributed by atoms with E-state index in [2.05, 4.69) is 64.5 Å². The highest BCUT2D eigenvalue weighted by atomic mass is 15.2. The van der Waals surface area contributed by atoms with Crippen LogP contribution in [0.25, 0.3) is 11.0 Å². The van der Waals surface area contributed by atoms with E-state index in [9.17, 15) is 0 Å². The third-order valence-electron chi connectivity index (χ3n) is 6.70. The highest BCUT2D eigenvalue weighted by Crippen LogP contribution is 2.39. The Morgan fingerprint density at radius 3 is 2.70 bits per heavy atom. The molecular formula is C24H29N3. The van der Waals surface area contributed by atoms with E-state index < -0.39 is 0 Å². The van der Waals surface area contributed by atoms with Crippen molar-refractivity contribution in [2.45, 2.75) is 51.1 Å². The molecule has 1 aliphatic carbocycles. The second kappa shape index (κ2) is 7.47. The molecule has 3 aromatic rings. The molecule has 2 fully saturated rings. The zero-order chi connectivity index (χ0) is 18.1. The van der Waals surface area contributed by atoms with E-state index in [0.29, 0.717) is 0 Å². The van der Waals surface area contributed by atoms with Gasteiger partial charge in [0.05, 0.1) is 17.6 Å². The summed E-state index contributed by atoms with van der Waals surface area (Å²) in [7, 11) is 0. The number of para-hydroxylation sites is 2. The van der Waals surface area contributed by atoms with E-state index >= 15 is 0 Å². The number of fused-ring (bicyclic) bond motifs is 2. The monoisotopic (exact) mass is 359 g/mol. The van der Waals surface area contributed by atoms with Gasteiger partial charge < -0.3 is 4.98 Å². The number of aromatic amines is 1. The first-order valence-electron chi connectivity index (χ1n) is 10.6. The fourth-order valence-corrected chi connectivity index (χ4v) is 5.46. The van der Waals surface area contributed by atoms with Gasteiger partial charge in [-0.15, -0.1) is 0 Å². The van der Waals surface area contributed by atoms with E-state index in [1.807, 2.05) is 0 Å². The minimum Gasteiger partial charge on any atom is -0.341 e. The Balaban J connectivity index is 1.25. The zero-order valence-electron chi connectivity index (χ0n) is 16.0. The maximum Gasteiger partial charge on any atom is 0.121 e. The van der Waals surface area contributed by atoms with Crippen molar-refractivity contribution in [3.8, 4) is 0 Å². The highest BCUT2D eigenvalue weighted by molar-refractivity contribution is 5.74. The van der Waals surface area contributed by atoms with Crippen LogP contribution >= 0.6 is 0 Å². The molecule has 1 N–H and O–H groups in total. The van der Waals surface area contributed by atoms with Gasteiger partial charge in [-0.2, -0.15) is 0 Å². The average Bonchev–Trinajstić information content (AvgIpc) is 3.11. The molecule has 3 nitrogen and oxygen atoms in total. The molecule has 3 unspecified atom stereocenters. The molecule has 2 aromatic carbocycles. The quantitative estimate of drug-likeness (QED) is 0.695. The van der Waals surface area contributed by atoms with Crippen LogP contribution in [0.4, 0.5) is 0 Å². The van der Waals surface area contributed by atoms with E-state index in [1.54, 1.807) is 0 Å². The lowest BCUT2D eigenvalue weighted by molar-refractivity contribution is 0.0348. The summed E-state index contributed by atoms with van der Waals surface area (Å²) in [5.74, 6) is 2.86. The molecule has 1 aliphatic heterocycles. The average molecular weight is 360 g/mol. The van der Waals surface area contributed by atoms with Crippen LogP contribution in [-0.2, 0) is 13.0 Å². The molecule has 2 aliphatic rings. The van der Waals surface area contributed by atoms with Crippen molar-refractivity contribution in [3.63, 3.8) is 0 Å². The minimum absolute atomic E-state index is 0.749. The van der Waals surface area contributed by atoms with Crippen LogP contribution in [0.3, 0.4) is 0 Å². The maximum absolute atomic E-state index is 4.82. The van der Waals surface area contributed by atoms with Crippen LogP contribution in [0.15, 0.2) is 54.6 Å². The SMILES string of the molecule is c1ccc(CC2CCC3C(CCCN3Cc3nc4ccccc4[nH]3)C2)cc1. The van der Waals surface area contributed by atoms with Crippen LogP contribution < -0.4 is 0 Å². The van der Waals surface area contributed by atoms with Gasteiger partial charge >= 0.3 is 0 Å². The molecule has 0 spiro atoms. The van der Waals surface area contributed by atoms with E-state index in [0.717, 1.165) is 41.3 Å². The van der Waals surface area contributed by atoms with E-state index in [4.69, 9.17) is 4.98 Å². The van der Waals surface area contributed by atoms with Gasteiger partial charge in [-0.3, -0.25) is 4.90 Å². The number of hydrogen-bond acceptors (Lipinski definition) is 2. The van der Waals surface area contributed by atoms with Crippen molar-refractivity contribution in [2.75, 3.05) is 6.54 Å². The molecular weight excluding hydrogens is 330 g/mol. The van der Waals surface area contributed by atoms with E-state index in [-0.39, 0.29) is 0 Å². The zero-order valence-corrected chi connectivity index (χ0v) is 16.0. The molecule has 5 rings (SSSR count). The van der Waals surface area contributed by atoms with Crippen LogP contribution in [0.2, 0.25) is 0 Å². The van der Waals surface area contributed by atoms with Gasteiger partial charge in [0.2, 0.25) is 0 Å². The first kappa shape index (κ1) is 17.0. The molecule has 3 atom stereocenters. The predicted molar refractivity (Wildman–Crippen MR) is 111 cm³/mol. The summed E-state index contributed by atoms with van der Waals surface area (Å²) in [5.41, 5.74) is 3.76. The number of likely N-dealkylation sites (tertiary alicyclic amines) is 1. The summed E-state index contributed by atoms with van der Waals surface area (Å²) in [4.78, 5) is 11.1. The van der Waals surface area contributed by atoms with Crippen molar-refractivity contribution < 1.29 is 0 Å². The van der Waals surface area contributed by atoms with Crippen LogP contribution in [0.1, 0.15) is 43.5 Å². The number of hydrogen-bond donors (Lipinski definition) is 1. The van der Waals surface area contributed by atoms with Gasteiger partial charge in [-0.25, -0.2) is 4.98 Å². The van der Waals surface area contributed by atoms with Crippen molar-refractivity contribution in [2.24, 2.45) is 11.8 Å². The number of nitrogens with one attached hydrogen (secondary N) is 1. The van der Waals surface area contributed by atoms with Gasteiger partial charge in [0.15, 0.2) is 0 Å². The Bertz CT molecular complexity index is 852. The second-order valence-corrected chi connectivity index (χ2v) is 8.51. The van der Waals surface area contributed by atoms with Crippen molar-refractivity contribution in [1.29, 1.82) is 0 Å². The number of H-pyrrole nitrogens is 1. The standard InChI is InChI=1S/C24H29N3/c1-2-7-18(8-3-1)15-19-12-13-23-20(16-19)9-6-14-27(23)17-24-25-21-10-4-5-11-22(21)26-24/h1-5,7-8,10-11,19-20,23H,6,9,12-17H2,(H,25,26). The highest BCUT2D eigenvalue weighted by Gasteiger charge is 2.36. The molecule has 27 heavy (non-hydrogen) atoms. The van der Waals surface area contributed by atoms with Crippen molar-refractivity contribution in [3.05, 3.63) is 66.0 Å².